The lowest BCUT2D eigenvalue weighted by Crippen LogP contribution is -2.73. The number of aliphatic hydroxyl groups is 5. The Hall–Kier alpha value is -0.640. The van der Waals surface area contributed by atoms with Crippen LogP contribution in [0.1, 0.15) is 19.8 Å². The highest BCUT2D eigenvalue weighted by Gasteiger charge is 2.65. The summed E-state index contributed by atoms with van der Waals surface area (Å²) in [7, 11) is 1.57. The van der Waals surface area contributed by atoms with Gasteiger partial charge in [-0.3, -0.25) is 0 Å². The van der Waals surface area contributed by atoms with Crippen molar-refractivity contribution in [2.75, 3.05) is 13.7 Å². The van der Waals surface area contributed by atoms with Crippen LogP contribution in [0.5, 0.6) is 0 Å². The van der Waals surface area contributed by atoms with E-state index in [1.165, 1.54) is 0 Å². The number of epoxide rings is 1. The molecule has 12 unspecified atom stereocenters. The Labute approximate surface area is 219 Å². The van der Waals surface area contributed by atoms with Crippen LogP contribution in [0.2, 0.25) is 0 Å². The topological polar surface area (TPSA) is 276 Å². The summed E-state index contributed by atoms with van der Waals surface area (Å²) in [6.45, 7) is 1.19. The fourth-order valence-corrected chi connectivity index (χ4v) is 6.20. The Bertz CT molecular complexity index is 863. The van der Waals surface area contributed by atoms with Gasteiger partial charge in [0.15, 0.2) is 18.9 Å². The van der Waals surface area contributed by atoms with Crippen molar-refractivity contribution in [3.63, 3.8) is 0 Å². The average molecular weight is 552 g/mol. The lowest BCUT2D eigenvalue weighted by atomic mass is 9.80. The fraction of sp³-hybridized carbons (Fsp3) is 1.00. The summed E-state index contributed by atoms with van der Waals surface area (Å²) in [4.78, 5) is 0. The van der Waals surface area contributed by atoms with Gasteiger partial charge < -0.3 is 82.2 Å². The van der Waals surface area contributed by atoms with Gasteiger partial charge in [0, 0.05) is 12.5 Å². The quantitative estimate of drug-likeness (QED) is 0.137. The van der Waals surface area contributed by atoms with Gasteiger partial charge in [0.05, 0.1) is 30.3 Å². The SMILES string of the molecule is CNC1C(O[C@H]2OC(CO)[C@@H](N)C(O)C2O)OC2(C)CC(N)[C@@H](O[C@@H]3C(N)C[C@]4(N)OC4C3O)OC2C1O. The van der Waals surface area contributed by atoms with Crippen molar-refractivity contribution < 1.29 is 54.0 Å². The number of nitrogens with one attached hydrogen (secondary N) is 1. The number of fused-ring (bicyclic) bond motifs is 2. The lowest BCUT2D eigenvalue weighted by molar-refractivity contribution is -0.393. The highest BCUT2D eigenvalue weighted by molar-refractivity contribution is 5.13. The summed E-state index contributed by atoms with van der Waals surface area (Å²) in [6.07, 6.45) is -11.8. The number of aliphatic hydroxyl groups excluding tert-OH is 5. The molecule has 5 rings (SSSR count). The zero-order chi connectivity index (χ0) is 27.7. The van der Waals surface area contributed by atoms with Crippen molar-refractivity contribution in [2.24, 2.45) is 22.9 Å². The minimum atomic E-state index is -1.53. The number of nitrogens with two attached hydrogens (primary N) is 4. The van der Waals surface area contributed by atoms with Crippen LogP contribution >= 0.6 is 0 Å². The minimum Gasteiger partial charge on any atom is -0.394 e. The van der Waals surface area contributed by atoms with E-state index in [0.29, 0.717) is 6.42 Å². The number of ether oxygens (including phenoxy) is 6. The van der Waals surface area contributed by atoms with Gasteiger partial charge in [0.1, 0.15) is 54.6 Å². The Morgan fingerprint density at radius 3 is 2.21 bits per heavy atom. The maximum Gasteiger partial charge on any atom is 0.189 e. The molecule has 220 valence electrons. The molecule has 0 aromatic carbocycles. The van der Waals surface area contributed by atoms with Gasteiger partial charge in [-0.15, -0.1) is 0 Å². The van der Waals surface area contributed by atoms with E-state index >= 15 is 0 Å². The fourth-order valence-electron chi connectivity index (χ4n) is 6.20. The van der Waals surface area contributed by atoms with Gasteiger partial charge in [-0.1, -0.05) is 0 Å². The second-order valence-corrected chi connectivity index (χ2v) is 11.3. The molecule has 38 heavy (non-hydrogen) atoms. The first-order chi connectivity index (χ1) is 17.8. The van der Waals surface area contributed by atoms with E-state index in [2.05, 4.69) is 5.32 Å². The van der Waals surface area contributed by atoms with Crippen LogP contribution in [0.3, 0.4) is 0 Å². The second-order valence-electron chi connectivity index (χ2n) is 11.3. The van der Waals surface area contributed by atoms with Crippen LogP contribution in [0.15, 0.2) is 0 Å². The van der Waals surface area contributed by atoms with Gasteiger partial charge in [-0.05, 0) is 20.4 Å². The summed E-state index contributed by atoms with van der Waals surface area (Å²) >= 11 is 0. The molecule has 4 heterocycles. The van der Waals surface area contributed by atoms with Crippen LogP contribution in [0, 0.1) is 0 Å². The van der Waals surface area contributed by atoms with Crippen LogP contribution < -0.4 is 28.3 Å². The second kappa shape index (κ2) is 10.3. The van der Waals surface area contributed by atoms with Crippen LogP contribution in [0.4, 0.5) is 0 Å². The zero-order valence-electron chi connectivity index (χ0n) is 21.3. The summed E-state index contributed by atoms with van der Waals surface area (Å²) in [6, 6.07) is -3.27. The Morgan fingerprint density at radius 1 is 0.842 bits per heavy atom. The number of rotatable bonds is 6. The maximum absolute atomic E-state index is 11.3. The highest BCUT2D eigenvalue weighted by atomic mass is 16.8. The van der Waals surface area contributed by atoms with Crippen LogP contribution in [0.25, 0.3) is 0 Å². The maximum atomic E-state index is 11.3. The van der Waals surface area contributed by atoms with Gasteiger partial charge in [0.2, 0.25) is 0 Å². The molecule has 0 spiro atoms. The predicted octanol–water partition coefficient (Wildman–Crippen LogP) is -6.19. The Balaban J connectivity index is 1.29. The standard InChI is InChI=1S/C22H41N5O11/c1-21-3-7(24)18(34-15-6(23)4-22(26)17(37-22)14(15)32)35-16(21)12(30)10(27-2)19(38-21)36-20-13(31)11(29)9(25)8(5-28)33-20/h6-20,27-32H,3-5,23-26H2,1-2H3/t6?,7?,8?,9-,10?,11?,12?,13?,14?,15-,16?,17?,18+,19?,20-,21?,22+/m1/s1. The van der Waals surface area contributed by atoms with Gasteiger partial charge in [0.25, 0.3) is 0 Å². The van der Waals surface area contributed by atoms with E-state index in [0.717, 1.165) is 0 Å². The number of likely N-dealkylation sites (N-methyl/N-ethyl adjacent to an activating group) is 1. The smallest absolute Gasteiger partial charge is 0.189 e. The molecule has 5 fully saturated rings. The largest absolute Gasteiger partial charge is 0.394 e. The molecule has 16 nitrogen and oxygen atoms in total. The molecule has 0 amide bonds. The van der Waals surface area contributed by atoms with Crippen molar-refractivity contribution in [3.8, 4) is 0 Å². The molecule has 1 aliphatic carbocycles. The van der Waals surface area contributed by atoms with Gasteiger partial charge in [-0.25, -0.2) is 0 Å². The van der Waals surface area contributed by atoms with Crippen molar-refractivity contribution in [3.05, 3.63) is 0 Å². The number of hydrogen-bond acceptors (Lipinski definition) is 16. The Kier molecular flexibility index (Phi) is 7.84. The first-order valence-electron chi connectivity index (χ1n) is 12.9. The predicted molar refractivity (Wildman–Crippen MR) is 125 cm³/mol. The Morgan fingerprint density at radius 2 is 1.55 bits per heavy atom. The molecule has 0 bridgehead atoms. The molecule has 16 heteroatoms. The molecular weight excluding hydrogens is 510 g/mol. The third-order valence-electron chi connectivity index (χ3n) is 8.46. The molecule has 4 saturated heterocycles. The van der Waals surface area contributed by atoms with Crippen molar-refractivity contribution in [2.45, 2.75) is 123 Å². The third-order valence-corrected chi connectivity index (χ3v) is 8.46. The monoisotopic (exact) mass is 551 g/mol. The lowest BCUT2D eigenvalue weighted by Gasteiger charge is -2.55. The highest BCUT2D eigenvalue weighted by Crippen LogP contribution is 2.46. The van der Waals surface area contributed by atoms with Crippen LogP contribution in [-0.2, 0) is 28.4 Å². The van der Waals surface area contributed by atoms with E-state index in [-0.39, 0.29) is 6.42 Å². The number of hydrogen-bond donors (Lipinski definition) is 10. The van der Waals surface area contributed by atoms with Crippen molar-refractivity contribution in [1.82, 2.24) is 5.32 Å². The van der Waals surface area contributed by atoms with Gasteiger partial charge >= 0.3 is 0 Å². The van der Waals surface area contributed by atoms with Crippen molar-refractivity contribution >= 4 is 0 Å². The molecular formula is C22H41N5O11. The summed E-state index contributed by atoms with van der Waals surface area (Å²) in [5, 5.41) is 55.2. The van der Waals surface area contributed by atoms with Crippen LogP contribution in [-0.4, -0.2) is 142 Å². The molecule has 17 atom stereocenters. The molecule has 0 aromatic rings. The average Bonchev–Trinajstić information content (AvgIpc) is 3.54. The van der Waals surface area contributed by atoms with E-state index in [1.807, 2.05) is 0 Å². The van der Waals surface area contributed by atoms with E-state index in [9.17, 15) is 25.5 Å². The molecule has 14 N–H and O–H groups in total. The first kappa shape index (κ1) is 28.9. The normalized spacial score (nSPS) is 58.7. The van der Waals surface area contributed by atoms with E-state index in [1.54, 1.807) is 14.0 Å². The van der Waals surface area contributed by atoms with E-state index < -0.39 is 110 Å². The minimum absolute atomic E-state index is 0.162. The third kappa shape index (κ3) is 4.79. The summed E-state index contributed by atoms with van der Waals surface area (Å²) in [5.74, 6) is 0. The molecule has 0 aromatic heterocycles. The zero-order valence-corrected chi connectivity index (χ0v) is 21.3. The van der Waals surface area contributed by atoms with E-state index in [4.69, 9.17) is 51.4 Å². The summed E-state index contributed by atoms with van der Waals surface area (Å²) in [5.41, 5.74) is 22.3. The molecule has 4 aliphatic heterocycles. The van der Waals surface area contributed by atoms with Gasteiger partial charge in [-0.2, -0.15) is 0 Å². The molecule has 0 radical (unpaired) electrons. The first-order valence-corrected chi connectivity index (χ1v) is 12.9. The van der Waals surface area contributed by atoms with Crippen molar-refractivity contribution in [1.29, 1.82) is 0 Å². The molecule has 5 aliphatic rings. The summed E-state index contributed by atoms with van der Waals surface area (Å²) < 4.78 is 35.2. The molecule has 1 saturated carbocycles.